The summed E-state index contributed by atoms with van der Waals surface area (Å²) >= 11 is 0. The number of halogens is 2. The Kier molecular flexibility index (Phi) is 3.91. The minimum Gasteiger partial charge on any atom is -0.491 e. The van der Waals surface area contributed by atoms with Gasteiger partial charge in [0.15, 0.2) is 17.4 Å². The fraction of sp³-hybridized carbons (Fsp3) is 0.500. The second-order valence-electron chi connectivity index (χ2n) is 3.98. The quantitative estimate of drug-likeness (QED) is 0.808. The zero-order chi connectivity index (χ0) is 12.3. The molecule has 2 rings (SSSR count). The Labute approximate surface area is 98.9 Å². The van der Waals surface area contributed by atoms with E-state index in [1.807, 2.05) is 0 Å². The molecule has 1 heterocycles. The van der Waals surface area contributed by atoms with Crippen molar-refractivity contribution in [2.45, 2.75) is 6.54 Å². The van der Waals surface area contributed by atoms with E-state index < -0.39 is 11.6 Å². The molecule has 0 saturated carbocycles. The number of ether oxygens (including phenoxy) is 2. The summed E-state index contributed by atoms with van der Waals surface area (Å²) in [6.45, 7) is 3.44. The van der Waals surface area contributed by atoms with E-state index in [0.29, 0.717) is 25.3 Å². The normalized spacial score (nSPS) is 17.1. The van der Waals surface area contributed by atoms with Gasteiger partial charge in [0, 0.05) is 19.6 Å². The van der Waals surface area contributed by atoms with Crippen LogP contribution in [-0.2, 0) is 11.3 Å². The summed E-state index contributed by atoms with van der Waals surface area (Å²) in [6.07, 6.45) is 0. The van der Waals surface area contributed by atoms with Crippen LogP contribution in [-0.4, -0.2) is 38.3 Å². The van der Waals surface area contributed by atoms with Crippen LogP contribution in [0.5, 0.6) is 5.75 Å². The molecule has 1 aliphatic rings. The van der Waals surface area contributed by atoms with Crippen LogP contribution in [0.3, 0.4) is 0 Å². The van der Waals surface area contributed by atoms with E-state index in [9.17, 15) is 8.78 Å². The molecule has 0 atom stereocenters. The van der Waals surface area contributed by atoms with Crippen molar-refractivity contribution in [1.82, 2.24) is 4.90 Å². The molecule has 0 aromatic heterocycles. The summed E-state index contributed by atoms with van der Waals surface area (Å²) in [7, 11) is 1.25. The molecular formula is C12H15F2NO2. The topological polar surface area (TPSA) is 21.7 Å². The standard InChI is InChI=1S/C12H15F2NO2/c1-16-12-10(13)6-9(7-11(12)14)8-15-2-4-17-5-3-15/h6-7H,2-5,8H2,1H3. The number of rotatable bonds is 3. The van der Waals surface area contributed by atoms with E-state index in [-0.39, 0.29) is 5.75 Å². The summed E-state index contributed by atoms with van der Waals surface area (Å²) < 4.78 is 36.8. The summed E-state index contributed by atoms with van der Waals surface area (Å²) in [6, 6.07) is 2.63. The van der Waals surface area contributed by atoms with Gasteiger partial charge in [0.05, 0.1) is 20.3 Å². The number of methoxy groups -OCH3 is 1. The Morgan fingerprint density at radius 1 is 1.24 bits per heavy atom. The molecule has 1 aromatic rings. The van der Waals surface area contributed by atoms with E-state index in [2.05, 4.69) is 9.64 Å². The van der Waals surface area contributed by atoms with Crippen LogP contribution in [0.1, 0.15) is 5.56 Å². The van der Waals surface area contributed by atoms with Gasteiger partial charge in [-0.05, 0) is 17.7 Å². The van der Waals surface area contributed by atoms with Gasteiger partial charge in [-0.3, -0.25) is 4.90 Å². The van der Waals surface area contributed by atoms with E-state index in [0.717, 1.165) is 13.1 Å². The zero-order valence-corrected chi connectivity index (χ0v) is 9.71. The number of nitrogens with zero attached hydrogens (tertiary/aromatic N) is 1. The lowest BCUT2D eigenvalue weighted by Crippen LogP contribution is -2.35. The van der Waals surface area contributed by atoms with Crippen LogP contribution in [0.4, 0.5) is 8.78 Å². The average Bonchev–Trinajstić information content (AvgIpc) is 2.30. The van der Waals surface area contributed by atoms with Crippen molar-refractivity contribution >= 4 is 0 Å². The Hall–Kier alpha value is -1.20. The van der Waals surface area contributed by atoms with Crippen molar-refractivity contribution in [2.75, 3.05) is 33.4 Å². The van der Waals surface area contributed by atoms with Gasteiger partial charge in [-0.1, -0.05) is 0 Å². The monoisotopic (exact) mass is 243 g/mol. The van der Waals surface area contributed by atoms with Crippen LogP contribution in [0.2, 0.25) is 0 Å². The fourth-order valence-corrected chi connectivity index (χ4v) is 1.92. The number of hydrogen-bond donors (Lipinski definition) is 0. The minimum atomic E-state index is -0.657. The maximum absolute atomic E-state index is 13.5. The Bertz CT molecular complexity index is 369. The second kappa shape index (κ2) is 5.42. The number of benzene rings is 1. The fourth-order valence-electron chi connectivity index (χ4n) is 1.92. The molecule has 0 radical (unpaired) electrons. The van der Waals surface area contributed by atoms with Crippen LogP contribution < -0.4 is 4.74 Å². The molecule has 0 N–H and O–H groups in total. The van der Waals surface area contributed by atoms with E-state index in [4.69, 9.17) is 4.74 Å². The highest BCUT2D eigenvalue weighted by atomic mass is 19.1. The molecule has 0 bridgehead atoms. The molecule has 0 spiro atoms. The van der Waals surface area contributed by atoms with Gasteiger partial charge in [-0.15, -0.1) is 0 Å². The second-order valence-corrected chi connectivity index (χ2v) is 3.98. The molecule has 1 saturated heterocycles. The average molecular weight is 243 g/mol. The van der Waals surface area contributed by atoms with Crippen LogP contribution >= 0.6 is 0 Å². The van der Waals surface area contributed by atoms with Gasteiger partial charge in [-0.2, -0.15) is 0 Å². The van der Waals surface area contributed by atoms with Crippen molar-refractivity contribution in [3.63, 3.8) is 0 Å². The van der Waals surface area contributed by atoms with Crippen LogP contribution in [0, 0.1) is 11.6 Å². The molecule has 1 fully saturated rings. The smallest absolute Gasteiger partial charge is 0.190 e. The third-order valence-corrected chi connectivity index (χ3v) is 2.77. The minimum absolute atomic E-state index is 0.323. The third-order valence-electron chi connectivity index (χ3n) is 2.77. The molecule has 0 unspecified atom stereocenters. The summed E-state index contributed by atoms with van der Waals surface area (Å²) in [4.78, 5) is 2.10. The number of hydrogen-bond acceptors (Lipinski definition) is 3. The van der Waals surface area contributed by atoms with E-state index >= 15 is 0 Å². The molecule has 0 amide bonds. The van der Waals surface area contributed by atoms with Gasteiger partial charge >= 0.3 is 0 Å². The van der Waals surface area contributed by atoms with Crippen molar-refractivity contribution in [1.29, 1.82) is 0 Å². The highest BCUT2D eigenvalue weighted by Gasteiger charge is 2.15. The molecule has 94 valence electrons. The lowest BCUT2D eigenvalue weighted by atomic mass is 10.2. The first-order chi connectivity index (χ1) is 8.20. The van der Waals surface area contributed by atoms with Crippen LogP contribution in [0.25, 0.3) is 0 Å². The van der Waals surface area contributed by atoms with Gasteiger partial charge in [0.1, 0.15) is 0 Å². The van der Waals surface area contributed by atoms with Gasteiger partial charge in [-0.25, -0.2) is 8.78 Å². The third kappa shape index (κ3) is 2.92. The van der Waals surface area contributed by atoms with Crippen molar-refractivity contribution in [3.05, 3.63) is 29.3 Å². The Balaban J connectivity index is 2.10. The lowest BCUT2D eigenvalue weighted by Gasteiger charge is -2.26. The highest BCUT2D eigenvalue weighted by molar-refractivity contribution is 5.31. The van der Waals surface area contributed by atoms with Crippen molar-refractivity contribution in [3.8, 4) is 5.75 Å². The maximum atomic E-state index is 13.5. The predicted molar refractivity (Wildman–Crippen MR) is 59.0 cm³/mol. The lowest BCUT2D eigenvalue weighted by molar-refractivity contribution is 0.0341. The zero-order valence-electron chi connectivity index (χ0n) is 9.71. The largest absolute Gasteiger partial charge is 0.491 e. The summed E-state index contributed by atoms with van der Waals surface area (Å²) in [5.41, 5.74) is 0.614. The molecule has 17 heavy (non-hydrogen) atoms. The molecule has 1 aliphatic heterocycles. The van der Waals surface area contributed by atoms with Gasteiger partial charge in [0.25, 0.3) is 0 Å². The Morgan fingerprint density at radius 3 is 2.35 bits per heavy atom. The highest BCUT2D eigenvalue weighted by Crippen LogP contribution is 2.23. The molecule has 1 aromatic carbocycles. The van der Waals surface area contributed by atoms with Crippen molar-refractivity contribution < 1.29 is 18.3 Å². The van der Waals surface area contributed by atoms with Crippen molar-refractivity contribution in [2.24, 2.45) is 0 Å². The predicted octanol–water partition coefficient (Wildman–Crippen LogP) is 1.81. The summed E-state index contributed by atoms with van der Waals surface area (Å²) in [5, 5.41) is 0. The number of morpholine rings is 1. The molecular weight excluding hydrogens is 228 g/mol. The van der Waals surface area contributed by atoms with E-state index in [1.165, 1.54) is 19.2 Å². The Morgan fingerprint density at radius 2 is 1.82 bits per heavy atom. The molecule has 5 heteroatoms. The SMILES string of the molecule is COc1c(F)cc(CN2CCOCC2)cc1F. The van der Waals surface area contributed by atoms with Crippen LogP contribution in [0.15, 0.2) is 12.1 Å². The maximum Gasteiger partial charge on any atom is 0.190 e. The first-order valence-corrected chi connectivity index (χ1v) is 5.52. The first kappa shape index (κ1) is 12.3. The van der Waals surface area contributed by atoms with E-state index in [1.54, 1.807) is 0 Å². The summed E-state index contributed by atoms with van der Waals surface area (Å²) in [5.74, 6) is -1.64. The van der Waals surface area contributed by atoms with Gasteiger partial charge < -0.3 is 9.47 Å². The van der Waals surface area contributed by atoms with Gasteiger partial charge in [0.2, 0.25) is 0 Å². The molecule has 3 nitrogen and oxygen atoms in total. The molecule has 0 aliphatic carbocycles. The first-order valence-electron chi connectivity index (χ1n) is 5.52.